The summed E-state index contributed by atoms with van der Waals surface area (Å²) in [4.78, 5) is 18.1. The van der Waals surface area contributed by atoms with Gasteiger partial charge in [-0.3, -0.25) is 4.79 Å². The van der Waals surface area contributed by atoms with E-state index in [1.165, 1.54) is 0 Å². The van der Waals surface area contributed by atoms with E-state index >= 15 is 0 Å². The molecule has 0 aliphatic heterocycles. The average molecular weight is 320 g/mol. The quantitative estimate of drug-likeness (QED) is 0.884. The number of pyridine rings is 1. The molecular formula is C14H14BrN3O. The summed E-state index contributed by atoms with van der Waals surface area (Å²) in [7, 11) is 3.88. The van der Waals surface area contributed by atoms with E-state index in [4.69, 9.17) is 0 Å². The lowest BCUT2D eigenvalue weighted by molar-refractivity contribution is 0.102. The van der Waals surface area contributed by atoms with Crippen LogP contribution in [-0.2, 0) is 0 Å². The van der Waals surface area contributed by atoms with E-state index in [1.807, 2.05) is 37.2 Å². The van der Waals surface area contributed by atoms with E-state index in [2.05, 4.69) is 26.2 Å². The van der Waals surface area contributed by atoms with Gasteiger partial charge >= 0.3 is 0 Å². The number of nitrogens with zero attached hydrogens (tertiary/aromatic N) is 2. The zero-order chi connectivity index (χ0) is 13.8. The van der Waals surface area contributed by atoms with Crippen LogP contribution in [0.2, 0.25) is 0 Å². The topological polar surface area (TPSA) is 45.2 Å². The van der Waals surface area contributed by atoms with Gasteiger partial charge in [0.2, 0.25) is 0 Å². The minimum absolute atomic E-state index is 0.146. The number of anilines is 2. The molecule has 5 heteroatoms. The molecular weight excluding hydrogens is 306 g/mol. The van der Waals surface area contributed by atoms with Crippen LogP contribution >= 0.6 is 15.9 Å². The number of carbonyl (C=O) groups is 1. The molecule has 0 aliphatic carbocycles. The lowest BCUT2D eigenvalue weighted by Gasteiger charge is -2.13. The van der Waals surface area contributed by atoms with Crippen LogP contribution in [0.25, 0.3) is 0 Å². The van der Waals surface area contributed by atoms with Gasteiger partial charge in [-0.25, -0.2) is 4.98 Å². The van der Waals surface area contributed by atoms with Gasteiger partial charge in [0, 0.05) is 25.3 Å². The monoisotopic (exact) mass is 319 g/mol. The summed E-state index contributed by atoms with van der Waals surface area (Å²) >= 11 is 3.25. The average Bonchev–Trinajstić information content (AvgIpc) is 2.41. The molecule has 2 aromatic rings. The first-order chi connectivity index (χ1) is 9.06. The van der Waals surface area contributed by atoms with Crippen molar-refractivity contribution in [3.63, 3.8) is 0 Å². The maximum atomic E-state index is 12.1. The van der Waals surface area contributed by atoms with Crippen molar-refractivity contribution < 1.29 is 4.79 Å². The van der Waals surface area contributed by atoms with Gasteiger partial charge in [-0.15, -0.1) is 0 Å². The minimum atomic E-state index is -0.146. The highest BCUT2D eigenvalue weighted by Crippen LogP contribution is 2.16. The minimum Gasteiger partial charge on any atom is -0.378 e. The Morgan fingerprint density at radius 1 is 1.26 bits per heavy atom. The maximum absolute atomic E-state index is 12.1. The summed E-state index contributed by atoms with van der Waals surface area (Å²) < 4.78 is 0.736. The summed E-state index contributed by atoms with van der Waals surface area (Å²) in [5.74, 6) is -0.146. The Bertz CT molecular complexity index is 581. The number of nitrogens with one attached hydrogen (secondary N) is 1. The van der Waals surface area contributed by atoms with Gasteiger partial charge in [0.05, 0.1) is 11.9 Å². The number of halogens is 1. The molecule has 4 nitrogen and oxygen atoms in total. The molecule has 1 amide bonds. The number of aromatic nitrogens is 1. The SMILES string of the molecule is CN(C)c1cccc(C(=O)Nc2ccc(Br)nc2)c1. The molecule has 98 valence electrons. The molecule has 0 fully saturated rings. The third-order valence-electron chi connectivity index (χ3n) is 2.61. The molecule has 0 radical (unpaired) electrons. The molecule has 0 unspecified atom stereocenters. The fourth-order valence-corrected chi connectivity index (χ4v) is 1.81. The van der Waals surface area contributed by atoms with Crippen LogP contribution in [0, 0.1) is 0 Å². The van der Waals surface area contributed by atoms with Gasteiger partial charge in [-0.2, -0.15) is 0 Å². The molecule has 0 atom stereocenters. The molecule has 0 saturated heterocycles. The van der Waals surface area contributed by atoms with Gasteiger partial charge in [0.25, 0.3) is 5.91 Å². The van der Waals surface area contributed by atoms with Crippen molar-refractivity contribution in [2.24, 2.45) is 0 Å². The second kappa shape index (κ2) is 5.84. The first kappa shape index (κ1) is 13.5. The molecule has 19 heavy (non-hydrogen) atoms. The molecule has 0 bridgehead atoms. The normalized spacial score (nSPS) is 10.1. The zero-order valence-electron chi connectivity index (χ0n) is 10.7. The van der Waals surface area contributed by atoms with E-state index in [0.29, 0.717) is 11.3 Å². The van der Waals surface area contributed by atoms with Gasteiger partial charge in [0.15, 0.2) is 0 Å². The van der Waals surface area contributed by atoms with Gasteiger partial charge in [-0.05, 0) is 46.3 Å². The van der Waals surface area contributed by atoms with Crippen molar-refractivity contribution in [3.05, 3.63) is 52.8 Å². The molecule has 1 aromatic heterocycles. The van der Waals surface area contributed by atoms with Crippen molar-refractivity contribution >= 4 is 33.2 Å². The van der Waals surface area contributed by atoms with Crippen LogP contribution in [0.4, 0.5) is 11.4 Å². The third kappa shape index (κ3) is 3.54. The fraction of sp³-hybridized carbons (Fsp3) is 0.143. The van der Waals surface area contributed by atoms with Crippen LogP contribution in [0.5, 0.6) is 0 Å². The van der Waals surface area contributed by atoms with Crippen molar-refractivity contribution in [2.75, 3.05) is 24.3 Å². The van der Waals surface area contributed by atoms with E-state index in [1.54, 1.807) is 24.4 Å². The second-order valence-corrected chi connectivity index (χ2v) is 5.08. The first-order valence-electron chi connectivity index (χ1n) is 5.76. The Morgan fingerprint density at radius 3 is 2.68 bits per heavy atom. The van der Waals surface area contributed by atoms with Gasteiger partial charge < -0.3 is 10.2 Å². The van der Waals surface area contributed by atoms with E-state index in [0.717, 1.165) is 10.3 Å². The van der Waals surface area contributed by atoms with Crippen molar-refractivity contribution in [2.45, 2.75) is 0 Å². The Balaban J connectivity index is 2.15. The molecule has 1 N–H and O–H groups in total. The highest BCUT2D eigenvalue weighted by molar-refractivity contribution is 9.10. The predicted molar refractivity (Wildman–Crippen MR) is 80.7 cm³/mol. The molecule has 2 rings (SSSR count). The maximum Gasteiger partial charge on any atom is 0.255 e. The highest BCUT2D eigenvalue weighted by Gasteiger charge is 2.07. The third-order valence-corrected chi connectivity index (χ3v) is 3.08. The largest absolute Gasteiger partial charge is 0.378 e. The summed E-state index contributed by atoms with van der Waals surface area (Å²) in [6.07, 6.45) is 1.61. The molecule has 1 aromatic carbocycles. The van der Waals surface area contributed by atoms with Gasteiger partial charge in [-0.1, -0.05) is 6.07 Å². The van der Waals surface area contributed by atoms with Crippen molar-refractivity contribution in [1.82, 2.24) is 4.98 Å². The van der Waals surface area contributed by atoms with E-state index in [-0.39, 0.29) is 5.91 Å². The van der Waals surface area contributed by atoms with Crippen LogP contribution in [0.1, 0.15) is 10.4 Å². The Morgan fingerprint density at radius 2 is 2.05 bits per heavy atom. The van der Waals surface area contributed by atoms with Crippen LogP contribution in [0.15, 0.2) is 47.2 Å². The summed E-state index contributed by atoms with van der Waals surface area (Å²) in [6, 6.07) is 11.0. The van der Waals surface area contributed by atoms with Crippen molar-refractivity contribution in [3.8, 4) is 0 Å². The van der Waals surface area contributed by atoms with Crippen LogP contribution < -0.4 is 10.2 Å². The Labute approximate surface area is 120 Å². The lowest BCUT2D eigenvalue weighted by atomic mass is 10.2. The number of benzene rings is 1. The molecule has 0 spiro atoms. The Kier molecular flexibility index (Phi) is 4.16. The fourth-order valence-electron chi connectivity index (χ4n) is 1.58. The smallest absolute Gasteiger partial charge is 0.255 e. The highest BCUT2D eigenvalue weighted by atomic mass is 79.9. The zero-order valence-corrected chi connectivity index (χ0v) is 12.3. The second-order valence-electron chi connectivity index (χ2n) is 4.27. The lowest BCUT2D eigenvalue weighted by Crippen LogP contribution is -2.14. The number of hydrogen-bond donors (Lipinski definition) is 1. The van der Waals surface area contributed by atoms with Crippen LogP contribution in [0.3, 0.4) is 0 Å². The van der Waals surface area contributed by atoms with E-state index in [9.17, 15) is 4.79 Å². The van der Waals surface area contributed by atoms with E-state index < -0.39 is 0 Å². The summed E-state index contributed by atoms with van der Waals surface area (Å²) in [5, 5.41) is 2.81. The summed E-state index contributed by atoms with van der Waals surface area (Å²) in [6.45, 7) is 0. The summed E-state index contributed by atoms with van der Waals surface area (Å²) in [5.41, 5.74) is 2.28. The molecule has 0 saturated carbocycles. The predicted octanol–water partition coefficient (Wildman–Crippen LogP) is 3.16. The number of hydrogen-bond acceptors (Lipinski definition) is 3. The number of rotatable bonds is 3. The number of carbonyl (C=O) groups excluding carboxylic acids is 1. The molecule has 0 aliphatic rings. The molecule has 1 heterocycles. The Hall–Kier alpha value is -1.88. The van der Waals surface area contributed by atoms with Gasteiger partial charge in [0.1, 0.15) is 4.60 Å². The van der Waals surface area contributed by atoms with Crippen molar-refractivity contribution in [1.29, 1.82) is 0 Å². The van der Waals surface area contributed by atoms with Crippen LogP contribution in [-0.4, -0.2) is 25.0 Å². The standard InChI is InChI=1S/C14H14BrN3O/c1-18(2)12-5-3-4-10(8-12)14(19)17-11-6-7-13(15)16-9-11/h3-9H,1-2H3,(H,17,19). The number of amides is 1. The first-order valence-corrected chi connectivity index (χ1v) is 6.56.